The third kappa shape index (κ3) is 3.65. The summed E-state index contributed by atoms with van der Waals surface area (Å²) < 4.78 is 5.96. The number of aromatic amines is 1. The average molecular weight is 385 g/mol. The van der Waals surface area contributed by atoms with Crippen LogP contribution in [0.5, 0.6) is 0 Å². The lowest BCUT2D eigenvalue weighted by Gasteiger charge is -2.22. The van der Waals surface area contributed by atoms with Gasteiger partial charge < -0.3 is 9.72 Å². The molecular formula is C20H23N3O3S. The summed E-state index contributed by atoms with van der Waals surface area (Å²) in [6.45, 7) is 5.98. The number of nitrogens with zero attached hydrogens (tertiary/aromatic N) is 2. The smallest absolute Gasteiger partial charge is 0.339 e. The van der Waals surface area contributed by atoms with E-state index < -0.39 is 5.97 Å². The molecule has 0 saturated heterocycles. The quantitative estimate of drug-likeness (QED) is 0.517. The number of hydrogen-bond donors (Lipinski definition) is 1. The number of carbonyl (C=O) groups excluding carboxylic acids is 2. The summed E-state index contributed by atoms with van der Waals surface area (Å²) >= 11 is 1.63. The van der Waals surface area contributed by atoms with Gasteiger partial charge in [-0.15, -0.1) is 11.3 Å². The third-order valence-electron chi connectivity index (χ3n) is 4.84. The molecule has 6 nitrogen and oxygen atoms in total. The standard InChI is InChI=1S/C20H23N3O3S/c1-11-17(20(25)26-5)12(2)21-18(11)19(24)13(3)23(4)10-16-22-14-8-6-7-9-15(14)27-16/h6-9,13,21H,10H2,1-5H3. The number of Topliss-reactive ketones (excluding diaryl/α,β-unsaturated/α-hetero) is 1. The Morgan fingerprint density at radius 2 is 2.00 bits per heavy atom. The summed E-state index contributed by atoms with van der Waals surface area (Å²) in [4.78, 5) is 34.6. The Kier molecular flexibility index (Phi) is 5.43. The first-order valence-corrected chi connectivity index (χ1v) is 9.51. The number of para-hydroxylation sites is 1. The summed E-state index contributed by atoms with van der Waals surface area (Å²) in [5.74, 6) is -0.495. The Balaban J connectivity index is 1.79. The Hall–Kier alpha value is -2.51. The van der Waals surface area contributed by atoms with Gasteiger partial charge in [0.25, 0.3) is 0 Å². The molecule has 0 saturated carbocycles. The van der Waals surface area contributed by atoms with Gasteiger partial charge >= 0.3 is 5.97 Å². The SMILES string of the molecule is COC(=O)c1c(C)[nH]c(C(=O)C(C)N(C)Cc2nc3ccccc3s2)c1C. The highest BCUT2D eigenvalue weighted by Gasteiger charge is 2.27. The van der Waals surface area contributed by atoms with E-state index in [1.165, 1.54) is 7.11 Å². The van der Waals surface area contributed by atoms with Gasteiger partial charge in [0.15, 0.2) is 5.78 Å². The number of fused-ring (bicyclic) bond motifs is 1. The molecule has 0 bridgehead atoms. The molecule has 0 spiro atoms. The molecule has 1 N–H and O–H groups in total. The molecule has 142 valence electrons. The number of aryl methyl sites for hydroxylation is 1. The minimum atomic E-state index is -0.434. The van der Waals surface area contributed by atoms with E-state index in [9.17, 15) is 9.59 Å². The number of thiazole rings is 1. The fourth-order valence-corrected chi connectivity index (χ4v) is 4.18. The molecular weight excluding hydrogens is 362 g/mol. The normalized spacial score (nSPS) is 12.5. The molecule has 2 aromatic heterocycles. The van der Waals surface area contributed by atoms with Crippen molar-refractivity contribution >= 4 is 33.3 Å². The summed E-state index contributed by atoms with van der Waals surface area (Å²) in [5.41, 5.74) is 3.13. The second kappa shape index (κ2) is 7.62. The number of hydrogen-bond acceptors (Lipinski definition) is 6. The number of likely N-dealkylation sites (N-methyl/N-ethyl adjacent to an activating group) is 1. The molecule has 0 aliphatic rings. The molecule has 0 aliphatic heterocycles. The van der Waals surface area contributed by atoms with Crippen LogP contribution in [0.15, 0.2) is 24.3 Å². The van der Waals surface area contributed by atoms with Crippen molar-refractivity contribution in [3.8, 4) is 0 Å². The zero-order valence-electron chi connectivity index (χ0n) is 16.1. The van der Waals surface area contributed by atoms with Crippen molar-refractivity contribution in [1.82, 2.24) is 14.9 Å². The molecule has 1 unspecified atom stereocenters. The van der Waals surface area contributed by atoms with Crippen molar-refractivity contribution in [3.63, 3.8) is 0 Å². The summed E-state index contributed by atoms with van der Waals surface area (Å²) in [6, 6.07) is 7.64. The van der Waals surface area contributed by atoms with Gasteiger partial charge in [-0.1, -0.05) is 12.1 Å². The topological polar surface area (TPSA) is 75.3 Å². The van der Waals surface area contributed by atoms with Gasteiger partial charge in [-0.2, -0.15) is 0 Å². The molecule has 0 fully saturated rings. The van der Waals surface area contributed by atoms with Crippen LogP contribution in [0.2, 0.25) is 0 Å². The maximum Gasteiger partial charge on any atom is 0.339 e. The summed E-state index contributed by atoms with van der Waals surface area (Å²) in [7, 11) is 3.24. The van der Waals surface area contributed by atoms with E-state index in [4.69, 9.17) is 4.74 Å². The van der Waals surface area contributed by atoms with E-state index in [2.05, 4.69) is 9.97 Å². The number of benzene rings is 1. The number of ether oxygens (including phenoxy) is 1. The lowest BCUT2D eigenvalue weighted by molar-refractivity contribution is 0.0599. The number of methoxy groups -OCH3 is 1. The number of aromatic nitrogens is 2. The van der Waals surface area contributed by atoms with Gasteiger partial charge in [0, 0.05) is 5.69 Å². The first-order valence-electron chi connectivity index (χ1n) is 8.69. The molecule has 27 heavy (non-hydrogen) atoms. The van der Waals surface area contributed by atoms with Crippen LogP contribution in [0.3, 0.4) is 0 Å². The Labute approximate surface area is 162 Å². The molecule has 0 radical (unpaired) electrons. The minimum Gasteiger partial charge on any atom is -0.465 e. The number of rotatable bonds is 6. The lowest BCUT2D eigenvalue weighted by Crippen LogP contribution is -2.36. The highest BCUT2D eigenvalue weighted by atomic mass is 32.1. The highest BCUT2D eigenvalue weighted by Crippen LogP contribution is 2.24. The van der Waals surface area contributed by atoms with Crippen LogP contribution in [0.1, 0.15) is 44.0 Å². The van der Waals surface area contributed by atoms with E-state index >= 15 is 0 Å². The summed E-state index contributed by atoms with van der Waals surface area (Å²) in [5, 5.41) is 0.966. The zero-order valence-corrected chi connectivity index (χ0v) is 16.9. The fourth-order valence-electron chi connectivity index (χ4n) is 3.15. The Morgan fingerprint density at radius 1 is 1.30 bits per heavy atom. The van der Waals surface area contributed by atoms with Crippen molar-refractivity contribution in [2.75, 3.05) is 14.2 Å². The van der Waals surface area contributed by atoms with Crippen molar-refractivity contribution in [2.24, 2.45) is 0 Å². The first-order chi connectivity index (χ1) is 12.8. The van der Waals surface area contributed by atoms with Gasteiger partial charge in [-0.25, -0.2) is 9.78 Å². The Morgan fingerprint density at radius 3 is 2.67 bits per heavy atom. The molecule has 7 heteroatoms. The van der Waals surface area contributed by atoms with Gasteiger partial charge in [0.2, 0.25) is 0 Å². The van der Waals surface area contributed by atoms with Crippen molar-refractivity contribution in [1.29, 1.82) is 0 Å². The highest BCUT2D eigenvalue weighted by molar-refractivity contribution is 7.18. The van der Waals surface area contributed by atoms with Crippen LogP contribution >= 0.6 is 11.3 Å². The second-order valence-corrected chi connectivity index (χ2v) is 7.76. The lowest BCUT2D eigenvalue weighted by atomic mass is 10.0. The largest absolute Gasteiger partial charge is 0.465 e. The van der Waals surface area contributed by atoms with Crippen LogP contribution in [0.4, 0.5) is 0 Å². The van der Waals surface area contributed by atoms with E-state index in [0.717, 1.165) is 15.2 Å². The second-order valence-electron chi connectivity index (χ2n) is 6.65. The van der Waals surface area contributed by atoms with Crippen LogP contribution in [0, 0.1) is 13.8 Å². The predicted molar refractivity (Wildman–Crippen MR) is 106 cm³/mol. The molecule has 0 aliphatic carbocycles. The van der Waals surface area contributed by atoms with Crippen LogP contribution in [0.25, 0.3) is 10.2 Å². The maximum absolute atomic E-state index is 13.0. The van der Waals surface area contributed by atoms with Crippen molar-refractivity contribution < 1.29 is 14.3 Å². The Bertz CT molecular complexity index is 972. The van der Waals surface area contributed by atoms with Crippen LogP contribution < -0.4 is 0 Å². The van der Waals surface area contributed by atoms with E-state index in [-0.39, 0.29) is 11.8 Å². The third-order valence-corrected chi connectivity index (χ3v) is 5.86. The average Bonchev–Trinajstić information content (AvgIpc) is 3.19. The molecule has 1 aromatic carbocycles. The van der Waals surface area contributed by atoms with Crippen molar-refractivity contribution in [2.45, 2.75) is 33.4 Å². The summed E-state index contributed by atoms with van der Waals surface area (Å²) in [6.07, 6.45) is 0. The maximum atomic E-state index is 13.0. The number of H-pyrrole nitrogens is 1. The van der Waals surface area contributed by atoms with E-state index in [1.807, 2.05) is 43.1 Å². The zero-order chi connectivity index (χ0) is 19.7. The predicted octanol–water partition coefficient (Wildman–Crippen LogP) is 3.73. The molecule has 2 heterocycles. The van der Waals surface area contributed by atoms with Crippen molar-refractivity contribution in [3.05, 3.63) is 51.8 Å². The van der Waals surface area contributed by atoms with Crippen LogP contribution in [-0.2, 0) is 11.3 Å². The van der Waals surface area contributed by atoms with Gasteiger partial charge in [-0.3, -0.25) is 9.69 Å². The minimum absolute atomic E-state index is 0.0608. The molecule has 3 aromatic rings. The van der Waals surface area contributed by atoms with E-state index in [1.54, 1.807) is 25.2 Å². The fraction of sp³-hybridized carbons (Fsp3) is 0.350. The van der Waals surface area contributed by atoms with E-state index in [0.29, 0.717) is 29.1 Å². The molecule has 1 atom stereocenters. The van der Waals surface area contributed by atoms with Gasteiger partial charge in [0.05, 0.1) is 41.2 Å². The molecule has 0 amide bonds. The monoisotopic (exact) mass is 385 g/mol. The number of carbonyl (C=O) groups is 2. The van der Waals surface area contributed by atoms with Gasteiger partial charge in [-0.05, 0) is 45.5 Å². The number of ketones is 1. The first kappa shape index (κ1) is 19.3. The van der Waals surface area contributed by atoms with Gasteiger partial charge in [0.1, 0.15) is 5.01 Å². The number of esters is 1. The molecule has 3 rings (SSSR count). The van der Waals surface area contributed by atoms with Crippen LogP contribution in [-0.4, -0.2) is 46.8 Å². The number of nitrogens with one attached hydrogen (secondary N) is 1.